The Morgan fingerprint density at radius 2 is 1.45 bits per heavy atom. The van der Waals surface area contributed by atoms with E-state index < -0.39 is 10.4 Å². The largest absolute Gasteiger partial charge is 1.00 e. The minimum Gasteiger partial charge on any atom is -1.00 e. The van der Waals surface area contributed by atoms with E-state index >= 15 is 0 Å². The maximum Gasteiger partial charge on any atom is 1.00 e. The Labute approximate surface area is 111 Å². The average molecular weight is 212 g/mol. The summed E-state index contributed by atoms with van der Waals surface area (Å²) in [5.74, 6) is 0.440. The van der Waals surface area contributed by atoms with Gasteiger partial charge in [0.25, 0.3) is 0 Å². The summed E-state index contributed by atoms with van der Waals surface area (Å²) in [6, 6.07) is 0. The minimum absolute atomic E-state index is 0. The van der Waals surface area contributed by atoms with Crippen LogP contribution in [0.3, 0.4) is 0 Å². The van der Waals surface area contributed by atoms with E-state index in [1.54, 1.807) is 0 Å². The molecule has 0 aliphatic heterocycles. The molecule has 0 aliphatic carbocycles. The summed E-state index contributed by atoms with van der Waals surface area (Å²) in [6.07, 6.45) is 0. The SMILES string of the molecule is CC(C)CO.O=S(=O)(O)O.[H-].[K+]. The second-order valence-electron chi connectivity index (χ2n) is 2.02. The van der Waals surface area contributed by atoms with Crippen LogP contribution in [0.4, 0.5) is 0 Å². The van der Waals surface area contributed by atoms with Gasteiger partial charge in [-0.15, -0.1) is 0 Å². The Hall–Kier alpha value is 1.47. The molecular weight excluding hydrogens is 199 g/mol. The number of hydrogen-bond donors (Lipinski definition) is 3. The molecule has 0 radical (unpaired) electrons. The van der Waals surface area contributed by atoms with Gasteiger partial charge in [0.1, 0.15) is 0 Å². The van der Waals surface area contributed by atoms with Crippen molar-refractivity contribution in [1.82, 2.24) is 0 Å². The zero-order valence-corrected chi connectivity index (χ0v) is 10.8. The van der Waals surface area contributed by atoms with E-state index in [1.807, 2.05) is 13.8 Å². The van der Waals surface area contributed by atoms with Crippen molar-refractivity contribution in [2.45, 2.75) is 13.8 Å². The summed E-state index contributed by atoms with van der Waals surface area (Å²) in [6.45, 7) is 4.25. The van der Waals surface area contributed by atoms with E-state index in [0.29, 0.717) is 12.5 Å². The van der Waals surface area contributed by atoms with Gasteiger partial charge in [-0.25, -0.2) is 0 Å². The molecule has 5 nitrogen and oxygen atoms in total. The van der Waals surface area contributed by atoms with Gasteiger partial charge in [0.15, 0.2) is 0 Å². The summed E-state index contributed by atoms with van der Waals surface area (Å²) in [5, 5.41) is 8.14. The van der Waals surface area contributed by atoms with Crippen LogP contribution in [0, 0.1) is 5.92 Å². The van der Waals surface area contributed by atoms with Crippen LogP contribution in [0.15, 0.2) is 0 Å². The van der Waals surface area contributed by atoms with Crippen LogP contribution in [0.5, 0.6) is 0 Å². The number of aliphatic hydroxyl groups excluding tert-OH is 1. The fourth-order valence-corrected chi connectivity index (χ4v) is 0. The normalized spacial score (nSPS) is 9.64. The molecular formula is C4H13KO5S. The van der Waals surface area contributed by atoms with Gasteiger partial charge in [0.05, 0.1) is 0 Å². The second-order valence-corrected chi connectivity index (χ2v) is 2.92. The zero-order valence-electron chi connectivity index (χ0n) is 7.85. The average Bonchev–Trinajstić information content (AvgIpc) is 1.61. The third kappa shape index (κ3) is 85.5. The van der Waals surface area contributed by atoms with E-state index in [1.165, 1.54) is 0 Å². The molecule has 0 rings (SSSR count). The summed E-state index contributed by atoms with van der Waals surface area (Å²) >= 11 is 0. The third-order valence-corrected chi connectivity index (χ3v) is 0.365. The Kier molecular flexibility index (Phi) is 15.9. The van der Waals surface area contributed by atoms with Gasteiger partial charge >= 0.3 is 61.8 Å². The fraction of sp³-hybridized carbons (Fsp3) is 1.00. The van der Waals surface area contributed by atoms with Gasteiger partial charge < -0.3 is 6.53 Å². The summed E-state index contributed by atoms with van der Waals surface area (Å²) in [4.78, 5) is 0. The van der Waals surface area contributed by atoms with Crippen molar-refractivity contribution >= 4 is 10.4 Å². The molecule has 0 saturated carbocycles. The summed E-state index contributed by atoms with van der Waals surface area (Å²) in [5.41, 5.74) is 0. The minimum atomic E-state index is -4.67. The molecule has 7 heteroatoms. The van der Waals surface area contributed by atoms with Gasteiger partial charge in [-0.05, 0) is 5.92 Å². The molecule has 3 N–H and O–H groups in total. The molecule has 0 aliphatic rings. The van der Waals surface area contributed by atoms with Crippen LogP contribution >= 0.6 is 0 Å². The maximum absolute atomic E-state index is 8.74. The van der Waals surface area contributed by atoms with E-state index in [9.17, 15) is 0 Å². The molecule has 0 aromatic heterocycles. The van der Waals surface area contributed by atoms with Crippen LogP contribution < -0.4 is 51.4 Å². The third-order valence-electron chi connectivity index (χ3n) is 0.365. The van der Waals surface area contributed by atoms with Gasteiger partial charge in [-0.1, -0.05) is 13.8 Å². The van der Waals surface area contributed by atoms with E-state index in [-0.39, 0.29) is 52.8 Å². The molecule has 66 valence electrons. The van der Waals surface area contributed by atoms with Gasteiger partial charge in [-0.2, -0.15) is 8.42 Å². The Morgan fingerprint density at radius 1 is 1.36 bits per heavy atom. The molecule has 0 bridgehead atoms. The topological polar surface area (TPSA) is 94.8 Å². The molecule has 0 saturated heterocycles. The molecule has 0 unspecified atom stereocenters. The van der Waals surface area contributed by atoms with Crippen molar-refractivity contribution in [1.29, 1.82) is 0 Å². The monoisotopic (exact) mass is 212 g/mol. The summed E-state index contributed by atoms with van der Waals surface area (Å²) in [7, 11) is -4.67. The van der Waals surface area contributed by atoms with E-state index in [0.717, 1.165) is 0 Å². The van der Waals surface area contributed by atoms with E-state index in [2.05, 4.69) is 0 Å². The molecule has 0 aromatic rings. The van der Waals surface area contributed by atoms with Crippen LogP contribution in [0.1, 0.15) is 15.3 Å². The van der Waals surface area contributed by atoms with Crippen LogP contribution in [-0.2, 0) is 10.4 Å². The first-order chi connectivity index (χ1) is 4.27. The quantitative estimate of drug-likeness (QED) is 0.320. The predicted octanol–water partition coefficient (Wildman–Crippen LogP) is -2.90. The van der Waals surface area contributed by atoms with Crippen LogP contribution in [-0.4, -0.2) is 29.2 Å². The van der Waals surface area contributed by atoms with Crippen molar-refractivity contribution in [2.75, 3.05) is 6.61 Å². The van der Waals surface area contributed by atoms with Crippen molar-refractivity contribution in [2.24, 2.45) is 5.92 Å². The Morgan fingerprint density at radius 3 is 1.45 bits per heavy atom. The first kappa shape index (κ1) is 18.3. The number of hydrogen-bond acceptors (Lipinski definition) is 3. The first-order valence-corrected chi connectivity index (χ1v) is 3.97. The maximum atomic E-state index is 8.74. The number of rotatable bonds is 1. The number of aliphatic hydroxyl groups is 1. The smallest absolute Gasteiger partial charge is 1.00 e. The molecule has 0 aromatic carbocycles. The van der Waals surface area contributed by atoms with Gasteiger partial charge in [0, 0.05) is 6.61 Å². The molecule has 11 heavy (non-hydrogen) atoms. The van der Waals surface area contributed by atoms with Crippen molar-refractivity contribution in [3.63, 3.8) is 0 Å². The summed E-state index contributed by atoms with van der Waals surface area (Å²) < 4.78 is 31.6. The van der Waals surface area contributed by atoms with Gasteiger partial charge in [-0.3, -0.25) is 9.11 Å². The van der Waals surface area contributed by atoms with Crippen molar-refractivity contribution < 1.29 is 75.4 Å². The predicted molar refractivity (Wildman–Crippen MR) is 37.2 cm³/mol. The molecule has 0 heterocycles. The molecule has 0 fully saturated rings. The zero-order chi connectivity index (χ0) is 8.78. The fourth-order valence-electron chi connectivity index (χ4n) is 0. The molecule has 0 amide bonds. The Balaban J connectivity index is -0.0000000457. The van der Waals surface area contributed by atoms with Crippen molar-refractivity contribution in [3.8, 4) is 0 Å². The molecule has 0 spiro atoms. The second kappa shape index (κ2) is 9.55. The standard InChI is InChI=1S/C4H10O.K.H2O4S.H/c1-4(2)3-5;;1-5(2,3)4;/h4-5H,3H2,1-2H3;;(H2,1,2,3,4);/q;+1;;-1. The van der Waals surface area contributed by atoms with E-state index in [4.69, 9.17) is 22.6 Å². The van der Waals surface area contributed by atoms with Crippen molar-refractivity contribution in [3.05, 3.63) is 0 Å². The molecule has 0 atom stereocenters. The van der Waals surface area contributed by atoms with Crippen LogP contribution in [0.25, 0.3) is 0 Å². The van der Waals surface area contributed by atoms with Gasteiger partial charge in [0.2, 0.25) is 0 Å². The van der Waals surface area contributed by atoms with Crippen LogP contribution in [0.2, 0.25) is 0 Å². The first-order valence-electron chi connectivity index (χ1n) is 2.58. The Bertz CT molecular complexity index is 149.